The number of nitrogens with one attached hydrogen (secondary N) is 1. The Morgan fingerprint density at radius 3 is 2.53 bits per heavy atom. The van der Waals surface area contributed by atoms with Gasteiger partial charge in [-0.2, -0.15) is 0 Å². The lowest BCUT2D eigenvalue weighted by Crippen LogP contribution is -2.12. The van der Waals surface area contributed by atoms with Gasteiger partial charge in [-0.3, -0.25) is 4.79 Å². The van der Waals surface area contributed by atoms with Gasteiger partial charge < -0.3 is 5.32 Å². The van der Waals surface area contributed by atoms with Crippen molar-refractivity contribution >= 4 is 27.5 Å². The summed E-state index contributed by atoms with van der Waals surface area (Å²) >= 11 is 3.40. The fourth-order valence-electron chi connectivity index (χ4n) is 1.74. The average Bonchev–Trinajstić information content (AvgIpc) is 2.32. The topological polar surface area (TPSA) is 29.1 Å². The molecule has 0 fully saturated rings. The molecule has 0 aliphatic carbocycles. The Bertz CT molecular complexity index is 620. The summed E-state index contributed by atoms with van der Waals surface area (Å²) < 4.78 is 14.2. The van der Waals surface area contributed by atoms with Crippen LogP contribution in [0.2, 0.25) is 0 Å². The molecule has 2 aromatic rings. The lowest BCUT2D eigenvalue weighted by atomic mass is 10.1. The van der Waals surface area contributed by atoms with Crippen LogP contribution in [-0.2, 0) is 0 Å². The number of anilines is 1. The maximum Gasteiger partial charge on any atom is 0.255 e. The number of carbonyl (C=O) groups excluding carboxylic acids is 1. The van der Waals surface area contributed by atoms with Gasteiger partial charge in [-0.05, 0) is 55.3 Å². The van der Waals surface area contributed by atoms with Crippen molar-refractivity contribution < 1.29 is 9.18 Å². The van der Waals surface area contributed by atoms with E-state index in [0.29, 0.717) is 11.3 Å². The van der Waals surface area contributed by atoms with Gasteiger partial charge in [-0.25, -0.2) is 4.39 Å². The van der Waals surface area contributed by atoms with Gasteiger partial charge in [0.1, 0.15) is 5.82 Å². The number of rotatable bonds is 2. The van der Waals surface area contributed by atoms with Crippen LogP contribution in [0.25, 0.3) is 0 Å². The standard InChI is InChI=1S/C15H13BrFNO/c1-9-5-11(7-12(17)6-9)15(19)18-13-4-3-10(2)14(16)8-13/h3-8H,1-2H3,(H,18,19). The molecule has 1 N–H and O–H groups in total. The van der Waals surface area contributed by atoms with Crippen LogP contribution in [0.4, 0.5) is 10.1 Å². The van der Waals surface area contributed by atoms with E-state index in [1.54, 1.807) is 13.0 Å². The van der Waals surface area contributed by atoms with Gasteiger partial charge in [-0.1, -0.05) is 22.0 Å². The van der Waals surface area contributed by atoms with Crippen molar-refractivity contribution in [2.24, 2.45) is 0 Å². The number of hydrogen-bond donors (Lipinski definition) is 1. The summed E-state index contributed by atoms with van der Waals surface area (Å²) in [5.41, 5.74) is 2.79. The van der Waals surface area contributed by atoms with E-state index in [1.807, 2.05) is 25.1 Å². The number of aryl methyl sites for hydroxylation is 2. The van der Waals surface area contributed by atoms with Crippen LogP contribution in [0.1, 0.15) is 21.5 Å². The van der Waals surface area contributed by atoms with Gasteiger partial charge in [0.15, 0.2) is 0 Å². The van der Waals surface area contributed by atoms with Crippen molar-refractivity contribution in [3.63, 3.8) is 0 Å². The van der Waals surface area contributed by atoms with E-state index in [1.165, 1.54) is 12.1 Å². The molecule has 1 amide bonds. The van der Waals surface area contributed by atoms with Gasteiger partial charge in [0, 0.05) is 15.7 Å². The highest BCUT2D eigenvalue weighted by atomic mass is 79.9. The number of carbonyl (C=O) groups is 1. The van der Waals surface area contributed by atoms with Crippen LogP contribution in [0.5, 0.6) is 0 Å². The summed E-state index contributed by atoms with van der Waals surface area (Å²) in [4.78, 5) is 12.0. The van der Waals surface area contributed by atoms with Crippen molar-refractivity contribution in [2.45, 2.75) is 13.8 Å². The first-order valence-electron chi connectivity index (χ1n) is 5.80. The molecule has 0 aliphatic rings. The largest absolute Gasteiger partial charge is 0.322 e. The molecule has 0 aromatic heterocycles. The summed E-state index contributed by atoms with van der Waals surface area (Å²) in [5, 5.41) is 2.75. The van der Waals surface area contributed by atoms with Crippen molar-refractivity contribution in [1.29, 1.82) is 0 Å². The van der Waals surface area contributed by atoms with Gasteiger partial charge >= 0.3 is 0 Å². The lowest BCUT2D eigenvalue weighted by Gasteiger charge is -2.08. The zero-order valence-electron chi connectivity index (χ0n) is 10.6. The van der Waals surface area contributed by atoms with E-state index < -0.39 is 5.82 Å². The monoisotopic (exact) mass is 321 g/mol. The summed E-state index contributed by atoms with van der Waals surface area (Å²) in [6.07, 6.45) is 0. The second kappa shape index (κ2) is 5.53. The van der Waals surface area contributed by atoms with E-state index in [9.17, 15) is 9.18 Å². The summed E-state index contributed by atoms with van der Waals surface area (Å²) in [6.45, 7) is 3.72. The molecule has 2 rings (SSSR count). The molecule has 0 spiro atoms. The normalized spacial score (nSPS) is 10.3. The fourth-order valence-corrected chi connectivity index (χ4v) is 2.12. The minimum Gasteiger partial charge on any atom is -0.322 e. The number of halogens is 2. The Hall–Kier alpha value is -1.68. The first-order chi connectivity index (χ1) is 8.95. The van der Waals surface area contributed by atoms with E-state index in [0.717, 1.165) is 15.6 Å². The Kier molecular flexibility index (Phi) is 4.00. The molecule has 0 saturated heterocycles. The lowest BCUT2D eigenvalue weighted by molar-refractivity contribution is 0.102. The van der Waals surface area contributed by atoms with Crippen LogP contribution < -0.4 is 5.32 Å². The molecule has 0 radical (unpaired) electrons. The molecular formula is C15H13BrFNO. The van der Waals surface area contributed by atoms with Crippen LogP contribution in [0.15, 0.2) is 40.9 Å². The van der Waals surface area contributed by atoms with Crippen LogP contribution >= 0.6 is 15.9 Å². The Labute approximate surface area is 119 Å². The quantitative estimate of drug-likeness (QED) is 0.869. The minimum absolute atomic E-state index is 0.314. The highest BCUT2D eigenvalue weighted by Crippen LogP contribution is 2.21. The predicted octanol–water partition coefficient (Wildman–Crippen LogP) is 4.46. The number of amides is 1. The third kappa shape index (κ3) is 3.41. The summed E-state index contributed by atoms with van der Waals surface area (Å²) in [6, 6.07) is 9.80. The average molecular weight is 322 g/mol. The Morgan fingerprint density at radius 1 is 1.16 bits per heavy atom. The molecule has 0 heterocycles. The van der Waals surface area contributed by atoms with Crippen LogP contribution in [-0.4, -0.2) is 5.91 Å². The second-order valence-corrected chi connectivity index (χ2v) is 5.29. The molecule has 0 aliphatic heterocycles. The number of hydrogen-bond acceptors (Lipinski definition) is 1. The van der Waals surface area contributed by atoms with Crippen molar-refractivity contribution in [3.8, 4) is 0 Å². The van der Waals surface area contributed by atoms with Crippen LogP contribution in [0, 0.1) is 19.7 Å². The Balaban J connectivity index is 2.22. The molecule has 19 heavy (non-hydrogen) atoms. The molecule has 2 aromatic carbocycles. The predicted molar refractivity (Wildman–Crippen MR) is 78.0 cm³/mol. The molecule has 0 unspecified atom stereocenters. The molecule has 0 saturated carbocycles. The smallest absolute Gasteiger partial charge is 0.255 e. The molecule has 0 bridgehead atoms. The fraction of sp³-hybridized carbons (Fsp3) is 0.133. The molecule has 4 heteroatoms. The van der Waals surface area contributed by atoms with Gasteiger partial charge in [0.05, 0.1) is 0 Å². The second-order valence-electron chi connectivity index (χ2n) is 4.44. The molecule has 2 nitrogen and oxygen atoms in total. The van der Waals surface area contributed by atoms with Crippen LogP contribution in [0.3, 0.4) is 0 Å². The van der Waals surface area contributed by atoms with Crippen molar-refractivity contribution in [3.05, 3.63) is 63.4 Å². The van der Waals surface area contributed by atoms with Gasteiger partial charge in [-0.15, -0.1) is 0 Å². The maximum absolute atomic E-state index is 13.3. The third-order valence-corrected chi connectivity index (χ3v) is 3.59. The number of benzene rings is 2. The zero-order chi connectivity index (χ0) is 14.0. The summed E-state index contributed by atoms with van der Waals surface area (Å²) in [5.74, 6) is -0.728. The van der Waals surface area contributed by atoms with Gasteiger partial charge in [0.25, 0.3) is 5.91 Å². The molecular weight excluding hydrogens is 309 g/mol. The summed E-state index contributed by atoms with van der Waals surface area (Å²) in [7, 11) is 0. The highest BCUT2D eigenvalue weighted by molar-refractivity contribution is 9.10. The van der Waals surface area contributed by atoms with Crippen molar-refractivity contribution in [1.82, 2.24) is 0 Å². The SMILES string of the molecule is Cc1cc(F)cc(C(=O)Nc2ccc(C)c(Br)c2)c1. The van der Waals surface area contributed by atoms with E-state index in [-0.39, 0.29) is 5.91 Å². The maximum atomic E-state index is 13.3. The minimum atomic E-state index is -0.407. The van der Waals surface area contributed by atoms with E-state index >= 15 is 0 Å². The first kappa shape index (κ1) is 13.7. The zero-order valence-corrected chi connectivity index (χ0v) is 12.2. The molecule has 98 valence electrons. The Morgan fingerprint density at radius 2 is 1.89 bits per heavy atom. The van der Waals surface area contributed by atoms with Crippen molar-refractivity contribution in [2.75, 3.05) is 5.32 Å². The first-order valence-corrected chi connectivity index (χ1v) is 6.60. The van der Waals surface area contributed by atoms with E-state index in [2.05, 4.69) is 21.2 Å². The van der Waals surface area contributed by atoms with E-state index in [4.69, 9.17) is 0 Å². The molecule has 0 atom stereocenters. The highest BCUT2D eigenvalue weighted by Gasteiger charge is 2.08. The van der Waals surface area contributed by atoms with Gasteiger partial charge in [0.2, 0.25) is 0 Å². The third-order valence-electron chi connectivity index (χ3n) is 2.73.